The van der Waals surface area contributed by atoms with Crippen LogP contribution in [0.1, 0.15) is 18.1 Å². The van der Waals surface area contributed by atoms with Gasteiger partial charge in [0.05, 0.1) is 19.8 Å². The smallest absolute Gasteiger partial charge is 0.180 e. The molecule has 1 fully saturated rings. The fraction of sp³-hybridized carbons (Fsp3) is 0.500. The number of hydrogen-bond donors (Lipinski definition) is 0. The number of benzene rings is 1. The second-order valence-electron chi connectivity index (χ2n) is 5.06. The standard InChI is InChI=1S/C14H16FNO2/c1-9-3-4-13(15)12(5-9)14-8-17-6-11(14)7-18-10(2)16-14/h3-5,11H,6-8H2,1-2H3. The van der Waals surface area contributed by atoms with Gasteiger partial charge in [0.2, 0.25) is 0 Å². The van der Waals surface area contributed by atoms with Crippen molar-refractivity contribution in [2.45, 2.75) is 19.4 Å². The van der Waals surface area contributed by atoms with E-state index in [1.54, 1.807) is 6.07 Å². The van der Waals surface area contributed by atoms with Gasteiger partial charge in [0.25, 0.3) is 0 Å². The van der Waals surface area contributed by atoms with Crippen molar-refractivity contribution in [3.05, 3.63) is 35.1 Å². The van der Waals surface area contributed by atoms with Gasteiger partial charge in [0.1, 0.15) is 11.4 Å². The summed E-state index contributed by atoms with van der Waals surface area (Å²) in [5.74, 6) is 0.490. The fourth-order valence-corrected chi connectivity index (χ4v) is 2.79. The Kier molecular flexibility index (Phi) is 2.63. The lowest BCUT2D eigenvalue weighted by atomic mass is 9.80. The van der Waals surface area contributed by atoms with Crippen LogP contribution in [0.4, 0.5) is 4.39 Å². The molecule has 96 valence electrons. The molecule has 18 heavy (non-hydrogen) atoms. The van der Waals surface area contributed by atoms with E-state index in [1.165, 1.54) is 6.07 Å². The highest BCUT2D eigenvalue weighted by atomic mass is 19.1. The molecule has 0 amide bonds. The minimum atomic E-state index is -0.599. The number of hydrogen-bond acceptors (Lipinski definition) is 3. The molecule has 0 radical (unpaired) electrons. The predicted molar refractivity (Wildman–Crippen MR) is 66.2 cm³/mol. The fourth-order valence-electron chi connectivity index (χ4n) is 2.79. The molecule has 2 aliphatic rings. The molecule has 2 heterocycles. The number of nitrogens with zero attached hydrogens (tertiary/aromatic N) is 1. The van der Waals surface area contributed by atoms with Crippen LogP contribution < -0.4 is 0 Å². The van der Waals surface area contributed by atoms with E-state index >= 15 is 0 Å². The van der Waals surface area contributed by atoms with E-state index in [0.29, 0.717) is 31.3 Å². The van der Waals surface area contributed by atoms with Gasteiger partial charge in [-0.05, 0) is 13.0 Å². The van der Waals surface area contributed by atoms with Gasteiger partial charge in [-0.25, -0.2) is 9.38 Å². The molecule has 0 aliphatic carbocycles. The third kappa shape index (κ3) is 1.63. The van der Waals surface area contributed by atoms with E-state index in [9.17, 15) is 4.39 Å². The molecule has 2 unspecified atom stereocenters. The van der Waals surface area contributed by atoms with Crippen LogP contribution in [-0.2, 0) is 15.0 Å². The molecule has 3 rings (SSSR count). The Balaban J connectivity index is 2.17. The van der Waals surface area contributed by atoms with Crippen molar-refractivity contribution in [1.82, 2.24) is 0 Å². The van der Waals surface area contributed by atoms with Crippen LogP contribution in [0.15, 0.2) is 23.2 Å². The maximum atomic E-state index is 14.1. The summed E-state index contributed by atoms with van der Waals surface area (Å²) in [4.78, 5) is 4.58. The topological polar surface area (TPSA) is 30.8 Å². The summed E-state index contributed by atoms with van der Waals surface area (Å²) in [6.45, 7) is 5.32. The molecule has 2 atom stereocenters. The lowest BCUT2D eigenvalue weighted by Gasteiger charge is -2.34. The number of aryl methyl sites for hydroxylation is 1. The van der Waals surface area contributed by atoms with E-state index in [-0.39, 0.29) is 11.7 Å². The van der Waals surface area contributed by atoms with E-state index < -0.39 is 5.54 Å². The van der Waals surface area contributed by atoms with E-state index in [2.05, 4.69) is 4.99 Å². The molecular weight excluding hydrogens is 233 g/mol. The first-order valence-electron chi connectivity index (χ1n) is 6.15. The maximum Gasteiger partial charge on any atom is 0.180 e. The quantitative estimate of drug-likeness (QED) is 0.765. The normalized spacial score (nSPS) is 30.6. The zero-order valence-electron chi connectivity index (χ0n) is 10.6. The van der Waals surface area contributed by atoms with Gasteiger partial charge in [0.15, 0.2) is 5.90 Å². The number of rotatable bonds is 1. The first kappa shape index (κ1) is 11.7. The molecule has 0 bridgehead atoms. The highest BCUT2D eigenvalue weighted by Crippen LogP contribution is 2.43. The van der Waals surface area contributed by atoms with Gasteiger partial charge in [0, 0.05) is 18.4 Å². The van der Waals surface area contributed by atoms with Crippen LogP contribution in [-0.4, -0.2) is 25.7 Å². The third-order valence-electron chi connectivity index (χ3n) is 3.76. The summed E-state index contributed by atoms with van der Waals surface area (Å²) < 4.78 is 25.1. The van der Waals surface area contributed by atoms with E-state index in [4.69, 9.17) is 9.47 Å². The summed E-state index contributed by atoms with van der Waals surface area (Å²) in [6, 6.07) is 5.16. The Morgan fingerprint density at radius 2 is 2.17 bits per heavy atom. The van der Waals surface area contributed by atoms with Crippen molar-refractivity contribution >= 4 is 5.90 Å². The molecule has 0 saturated carbocycles. The zero-order chi connectivity index (χ0) is 12.8. The van der Waals surface area contributed by atoms with Crippen LogP contribution in [0.25, 0.3) is 0 Å². The van der Waals surface area contributed by atoms with Gasteiger partial charge in [-0.1, -0.05) is 17.7 Å². The molecule has 4 heteroatoms. The second kappa shape index (κ2) is 4.05. The second-order valence-corrected chi connectivity index (χ2v) is 5.06. The Labute approximate surface area is 106 Å². The molecule has 3 nitrogen and oxygen atoms in total. The summed E-state index contributed by atoms with van der Waals surface area (Å²) in [5.41, 5.74) is 1.07. The molecule has 0 spiro atoms. The third-order valence-corrected chi connectivity index (χ3v) is 3.76. The van der Waals surface area contributed by atoms with Crippen LogP contribution >= 0.6 is 0 Å². The van der Waals surface area contributed by atoms with E-state index in [0.717, 1.165) is 5.56 Å². The maximum absolute atomic E-state index is 14.1. The minimum Gasteiger partial charge on any atom is -0.481 e. The summed E-state index contributed by atoms with van der Waals surface area (Å²) in [7, 11) is 0. The summed E-state index contributed by atoms with van der Waals surface area (Å²) >= 11 is 0. The van der Waals surface area contributed by atoms with Gasteiger partial charge in [-0.15, -0.1) is 0 Å². The van der Waals surface area contributed by atoms with Crippen molar-refractivity contribution in [3.63, 3.8) is 0 Å². The van der Waals surface area contributed by atoms with Crippen molar-refractivity contribution in [2.75, 3.05) is 19.8 Å². The highest BCUT2D eigenvalue weighted by Gasteiger charge is 2.49. The molecular formula is C14H16FNO2. The first-order valence-corrected chi connectivity index (χ1v) is 6.15. The molecule has 1 aromatic rings. The number of halogens is 1. The lowest BCUT2D eigenvalue weighted by molar-refractivity contribution is 0.155. The van der Waals surface area contributed by atoms with Crippen LogP contribution in [0.5, 0.6) is 0 Å². The van der Waals surface area contributed by atoms with Gasteiger partial charge < -0.3 is 9.47 Å². The largest absolute Gasteiger partial charge is 0.481 e. The molecule has 0 aromatic heterocycles. The van der Waals surface area contributed by atoms with Crippen molar-refractivity contribution in [3.8, 4) is 0 Å². The number of fused-ring (bicyclic) bond motifs is 1. The van der Waals surface area contributed by atoms with Crippen molar-refractivity contribution in [2.24, 2.45) is 10.9 Å². The molecule has 1 aromatic carbocycles. The summed E-state index contributed by atoms with van der Waals surface area (Å²) in [5, 5.41) is 0. The van der Waals surface area contributed by atoms with Crippen LogP contribution in [0.2, 0.25) is 0 Å². The lowest BCUT2D eigenvalue weighted by Crippen LogP contribution is -2.41. The average Bonchev–Trinajstić information content (AvgIpc) is 2.76. The summed E-state index contributed by atoms with van der Waals surface area (Å²) in [6.07, 6.45) is 0. The number of aliphatic imine (C=N–C) groups is 1. The van der Waals surface area contributed by atoms with Gasteiger partial charge in [-0.2, -0.15) is 0 Å². The van der Waals surface area contributed by atoms with Crippen molar-refractivity contribution in [1.29, 1.82) is 0 Å². The van der Waals surface area contributed by atoms with Crippen molar-refractivity contribution < 1.29 is 13.9 Å². The van der Waals surface area contributed by atoms with E-state index in [1.807, 2.05) is 19.9 Å². The Bertz CT molecular complexity index is 515. The molecule has 1 saturated heterocycles. The monoisotopic (exact) mass is 249 g/mol. The highest BCUT2D eigenvalue weighted by molar-refractivity contribution is 5.74. The molecule has 0 N–H and O–H groups in total. The van der Waals surface area contributed by atoms with Gasteiger partial charge >= 0.3 is 0 Å². The minimum absolute atomic E-state index is 0.0949. The first-order chi connectivity index (χ1) is 8.62. The predicted octanol–water partition coefficient (Wildman–Crippen LogP) is 2.42. The molecule has 2 aliphatic heterocycles. The zero-order valence-corrected chi connectivity index (χ0v) is 10.6. The average molecular weight is 249 g/mol. The Morgan fingerprint density at radius 3 is 3.00 bits per heavy atom. The SMILES string of the molecule is CC1=NC2(c3cc(C)ccc3F)COCC2CO1. The number of ether oxygens (including phenoxy) is 2. The van der Waals surface area contributed by atoms with Gasteiger partial charge in [-0.3, -0.25) is 0 Å². The van der Waals surface area contributed by atoms with Crippen LogP contribution in [0.3, 0.4) is 0 Å². The van der Waals surface area contributed by atoms with Crippen LogP contribution in [0, 0.1) is 18.7 Å². The Hall–Kier alpha value is -1.42. The Morgan fingerprint density at radius 1 is 1.33 bits per heavy atom.